The quantitative estimate of drug-likeness (QED) is 0.762. The van der Waals surface area contributed by atoms with E-state index in [1.807, 2.05) is 4.90 Å². The van der Waals surface area contributed by atoms with E-state index in [-0.39, 0.29) is 11.0 Å². The van der Waals surface area contributed by atoms with Crippen molar-refractivity contribution in [2.75, 3.05) is 30.8 Å². The second-order valence-electron chi connectivity index (χ2n) is 4.40. The second-order valence-corrected chi connectivity index (χ2v) is 5.96. The molecule has 1 unspecified atom stereocenters. The van der Waals surface area contributed by atoms with Gasteiger partial charge >= 0.3 is 0 Å². The molecular formula is C11H17N3O3S. The second kappa shape index (κ2) is 4.75. The predicted octanol–water partition coefficient (Wildman–Crippen LogP) is 0.141. The fourth-order valence-corrected chi connectivity index (χ4v) is 2.69. The maximum Gasteiger partial charge on any atom is 0.238 e. The predicted molar refractivity (Wildman–Crippen MR) is 69.9 cm³/mol. The molecule has 7 heteroatoms. The number of hydrogen-bond acceptors (Lipinski definition) is 5. The monoisotopic (exact) mass is 271 g/mol. The molecule has 1 aliphatic rings. The third kappa shape index (κ3) is 2.74. The Hall–Kier alpha value is -1.31. The molecule has 1 heterocycles. The number of nitrogens with zero attached hydrogens (tertiary/aromatic N) is 1. The van der Waals surface area contributed by atoms with Crippen molar-refractivity contribution in [1.29, 1.82) is 0 Å². The van der Waals surface area contributed by atoms with Crippen LogP contribution >= 0.6 is 0 Å². The van der Waals surface area contributed by atoms with Gasteiger partial charge in [0.25, 0.3) is 0 Å². The van der Waals surface area contributed by atoms with E-state index in [1.54, 1.807) is 19.2 Å². The lowest BCUT2D eigenvalue weighted by molar-refractivity contribution is 0.121. The number of sulfonamides is 1. The van der Waals surface area contributed by atoms with Gasteiger partial charge < -0.3 is 15.4 Å². The number of nitrogen functional groups attached to an aromatic ring is 1. The van der Waals surface area contributed by atoms with E-state index in [4.69, 9.17) is 15.6 Å². The van der Waals surface area contributed by atoms with Crippen molar-refractivity contribution in [2.45, 2.75) is 17.4 Å². The van der Waals surface area contributed by atoms with Gasteiger partial charge in [-0.25, -0.2) is 13.6 Å². The summed E-state index contributed by atoms with van der Waals surface area (Å²) < 4.78 is 28.0. The van der Waals surface area contributed by atoms with Crippen LogP contribution in [-0.2, 0) is 14.8 Å². The maximum absolute atomic E-state index is 11.4. The SMILES string of the molecule is COC1CCN(c2cc(N)cc(S(N)(=O)=O)c2)C1. The van der Waals surface area contributed by atoms with E-state index in [0.29, 0.717) is 5.69 Å². The Balaban J connectivity index is 2.32. The van der Waals surface area contributed by atoms with Gasteiger partial charge in [0.05, 0.1) is 11.0 Å². The smallest absolute Gasteiger partial charge is 0.238 e. The van der Waals surface area contributed by atoms with E-state index < -0.39 is 10.0 Å². The largest absolute Gasteiger partial charge is 0.399 e. The van der Waals surface area contributed by atoms with Gasteiger partial charge in [0.1, 0.15) is 0 Å². The first kappa shape index (κ1) is 13.1. The lowest BCUT2D eigenvalue weighted by atomic mass is 10.2. The van der Waals surface area contributed by atoms with Crippen LogP contribution in [0.15, 0.2) is 23.1 Å². The van der Waals surface area contributed by atoms with E-state index in [1.165, 1.54) is 6.07 Å². The molecule has 0 radical (unpaired) electrons. The van der Waals surface area contributed by atoms with Crippen LogP contribution in [0.25, 0.3) is 0 Å². The molecule has 1 aromatic rings. The molecule has 1 aromatic carbocycles. The lowest BCUT2D eigenvalue weighted by Crippen LogP contribution is -2.23. The summed E-state index contributed by atoms with van der Waals surface area (Å²) in [5.41, 5.74) is 6.86. The van der Waals surface area contributed by atoms with Crippen molar-refractivity contribution in [3.05, 3.63) is 18.2 Å². The number of rotatable bonds is 3. The van der Waals surface area contributed by atoms with Gasteiger partial charge in [0, 0.05) is 31.6 Å². The number of methoxy groups -OCH3 is 1. The summed E-state index contributed by atoms with van der Waals surface area (Å²) in [6, 6.07) is 4.65. The minimum Gasteiger partial charge on any atom is -0.399 e. The average Bonchev–Trinajstić information content (AvgIpc) is 2.75. The zero-order valence-corrected chi connectivity index (χ0v) is 11.0. The Labute approximate surface area is 107 Å². The van der Waals surface area contributed by atoms with Gasteiger partial charge in [-0.05, 0) is 24.6 Å². The highest BCUT2D eigenvalue weighted by atomic mass is 32.2. The van der Waals surface area contributed by atoms with Crippen LogP contribution in [0, 0.1) is 0 Å². The van der Waals surface area contributed by atoms with Crippen LogP contribution in [0.5, 0.6) is 0 Å². The summed E-state index contributed by atoms with van der Waals surface area (Å²) in [6.45, 7) is 1.54. The lowest BCUT2D eigenvalue weighted by Gasteiger charge is -2.19. The summed E-state index contributed by atoms with van der Waals surface area (Å²) in [4.78, 5) is 2.08. The van der Waals surface area contributed by atoms with Gasteiger partial charge in [0.15, 0.2) is 0 Å². The van der Waals surface area contributed by atoms with Crippen LogP contribution in [-0.4, -0.2) is 34.7 Å². The van der Waals surface area contributed by atoms with Crippen LogP contribution in [0.3, 0.4) is 0 Å². The zero-order valence-electron chi connectivity index (χ0n) is 10.2. The number of hydrogen-bond donors (Lipinski definition) is 2. The number of primary sulfonamides is 1. The Morgan fingerprint density at radius 3 is 2.67 bits per heavy atom. The Kier molecular flexibility index (Phi) is 3.47. The van der Waals surface area contributed by atoms with Crippen molar-refractivity contribution < 1.29 is 13.2 Å². The first-order valence-corrected chi connectivity index (χ1v) is 7.16. The molecule has 0 aromatic heterocycles. The Morgan fingerprint density at radius 1 is 1.39 bits per heavy atom. The standard InChI is InChI=1S/C11H17N3O3S/c1-17-10-2-3-14(7-10)9-4-8(12)5-11(6-9)18(13,15)16/h4-6,10H,2-3,7,12H2,1H3,(H2,13,15,16). The van der Waals surface area contributed by atoms with Gasteiger partial charge in [-0.2, -0.15) is 0 Å². The molecule has 18 heavy (non-hydrogen) atoms. The Bertz CT molecular complexity index is 544. The van der Waals surface area contributed by atoms with Crippen LogP contribution in [0.2, 0.25) is 0 Å². The fourth-order valence-electron chi connectivity index (χ4n) is 2.11. The molecule has 1 atom stereocenters. The van der Waals surface area contributed by atoms with Crippen molar-refractivity contribution in [2.24, 2.45) is 5.14 Å². The minimum atomic E-state index is -3.73. The van der Waals surface area contributed by atoms with E-state index in [9.17, 15) is 8.42 Å². The number of benzene rings is 1. The molecule has 0 saturated carbocycles. The molecule has 6 nitrogen and oxygen atoms in total. The summed E-state index contributed by atoms with van der Waals surface area (Å²) in [5, 5.41) is 5.12. The van der Waals surface area contributed by atoms with Gasteiger partial charge in [-0.15, -0.1) is 0 Å². The first-order chi connectivity index (χ1) is 8.40. The third-order valence-corrected chi connectivity index (χ3v) is 3.98. The topological polar surface area (TPSA) is 98.7 Å². The van der Waals surface area contributed by atoms with Gasteiger partial charge in [-0.3, -0.25) is 0 Å². The molecule has 0 bridgehead atoms. The van der Waals surface area contributed by atoms with Crippen LogP contribution < -0.4 is 15.8 Å². The normalized spacial score (nSPS) is 20.3. The highest BCUT2D eigenvalue weighted by Gasteiger charge is 2.23. The summed E-state index contributed by atoms with van der Waals surface area (Å²) in [5.74, 6) is 0. The van der Waals surface area contributed by atoms with E-state index in [2.05, 4.69) is 0 Å². The molecule has 2 rings (SSSR count). The first-order valence-electron chi connectivity index (χ1n) is 5.61. The highest BCUT2D eigenvalue weighted by Crippen LogP contribution is 2.26. The zero-order chi connectivity index (χ0) is 13.3. The Morgan fingerprint density at radius 2 is 2.11 bits per heavy atom. The summed E-state index contributed by atoms with van der Waals surface area (Å²) in [7, 11) is -2.06. The summed E-state index contributed by atoms with van der Waals surface area (Å²) >= 11 is 0. The molecule has 0 spiro atoms. The van der Waals surface area contributed by atoms with Crippen LogP contribution in [0.4, 0.5) is 11.4 Å². The maximum atomic E-state index is 11.4. The minimum absolute atomic E-state index is 0.0402. The molecule has 0 aliphatic carbocycles. The van der Waals surface area contributed by atoms with E-state index in [0.717, 1.165) is 25.2 Å². The molecule has 1 aliphatic heterocycles. The molecule has 4 N–H and O–H groups in total. The average molecular weight is 271 g/mol. The molecule has 1 saturated heterocycles. The van der Waals surface area contributed by atoms with Crippen molar-refractivity contribution in [3.63, 3.8) is 0 Å². The van der Waals surface area contributed by atoms with Crippen molar-refractivity contribution in [1.82, 2.24) is 0 Å². The molecular weight excluding hydrogens is 254 g/mol. The molecule has 1 fully saturated rings. The van der Waals surface area contributed by atoms with Crippen LogP contribution in [0.1, 0.15) is 6.42 Å². The van der Waals surface area contributed by atoms with Crippen molar-refractivity contribution in [3.8, 4) is 0 Å². The van der Waals surface area contributed by atoms with Gasteiger partial charge in [0.2, 0.25) is 10.0 Å². The molecule has 0 amide bonds. The third-order valence-electron chi connectivity index (χ3n) is 3.09. The number of anilines is 2. The number of nitrogens with two attached hydrogens (primary N) is 2. The van der Waals surface area contributed by atoms with Crippen molar-refractivity contribution >= 4 is 21.4 Å². The van der Waals surface area contributed by atoms with E-state index >= 15 is 0 Å². The molecule has 100 valence electrons. The highest BCUT2D eigenvalue weighted by molar-refractivity contribution is 7.89. The van der Waals surface area contributed by atoms with Gasteiger partial charge in [-0.1, -0.05) is 0 Å². The summed E-state index contributed by atoms with van der Waals surface area (Å²) in [6.07, 6.45) is 1.08. The fraction of sp³-hybridized carbons (Fsp3) is 0.455. The number of ether oxygens (including phenoxy) is 1.